The maximum Gasteiger partial charge on any atom is 0.387 e. The van der Waals surface area contributed by atoms with Crippen LogP contribution in [0.15, 0.2) is 59.7 Å². The number of halogens is 2. The molecule has 0 amide bonds. The van der Waals surface area contributed by atoms with Gasteiger partial charge in [-0.05, 0) is 61.6 Å². The molecule has 1 N–H and O–H groups in total. The normalized spacial score (nSPS) is 13.5. The molecule has 8 nitrogen and oxygen atoms in total. The lowest BCUT2D eigenvalue weighted by Crippen LogP contribution is -2.26. The lowest BCUT2D eigenvalue weighted by Gasteiger charge is -2.17. The van der Waals surface area contributed by atoms with E-state index in [1.54, 1.807) is 35.2 Å². The first-order valence-corrected chi connectivity index (χ1v) is 12.1. The van der Waals surface area contributed by atoms with Gasteiger partial charge in [-0.2, -0.15) is 23.7 Å². The molecule has 0 bridgehead atoms. The standard InChI is InChI=1S/C27H27F2N5O3/c1-3-36-13-12-23-25(30-15-17-4-5-17)24(18-6-9-21(10-7-18)37-27(28)29)26(35)34(32-23)20-8-11-22-19(14-20)16-33(2)31-22/h6-14,16-17,27,30H,3-5,15H2,1-2H3/b13-12+. The number of nitrogens with one attached hydrogen (secondary N) is 1. The summed E-state index contributed by atoms with van der Waals surface area (Å²) in [6.45, 7) is 0.124. The molecule has 0 spiro atoms. The number of hydrogen-bond donors (Lipinski definition) is 1. The summed E-state index contributed by atoms with van der Waals surface area (Å²) in [5.74, 6) is 0.549. The van der Waals surface area contributed by atoms with Gasteiger partial charge < -0.3 is 14.8 Å². The van der Waals surface area contributed by atoms with Crippen molar-refractivity contribution in [3.05, 3.63) is 71.0 Å². The largest absolute Gasteiger partial charge is 0.501 e. The Morgan fingerprint density at radius 2 is 1.95 bits per heavy atom. The molecule has 4 aromatic rings. The second-order valence-electron chi connectivity index (χ2n) is 8.88. The van der Waals surface area contributed by atoms with Crippen LogP contribution in [0.5, 0.6) is 5.75 Å². The fraction of sp³-hybridized carbons (Fsp3) is 0.296. The van der Waals surface area contributed by atoms with Crippen LogP contribution in [-0.2, 0) is 11.8 Å². The molecule has 192 valence electrons. The molecule has 2 heterocycles. The number of alkyl halides is 2. The third-order valence-corrected chi connectivity index (χ3v) is 6.09. The van der Waals surface area contributed by atoms with Crippen molar-refractivity contribution in [3.63, 3.8) is 0 Å². The minimum Gasteiger partial charge on any atom is -0.501 e. The highest BCUT2D eigenvalue weighted by Gasteiger charge is 2.24. The molecule has 37 heavy (non-hydrogen) atoms. The van der Waals surface area contributed by atoms with Crippen LogP contribution in [0.3, 0.4) is 0 Å². The number of benzene rings is 2. The zero-order valence-corrected chi connectivity index (χ0v) is 20.5. The van der Waals surface area contributed by atoms with Crippen LogP contribution < -0.4 is 15.6 Å². The molecule has 2 aromatic carbocycles. The lowest BCUT2D eigenvalue weighted by atomic mass is 10.0. The van der Waals surface area contributed by atoms with Gasteiger partial charge in [-0.25, -0.2) is 0 Å². The minimum absolute atomic E-state index is 0.0131. The molecule has 0 aliphatic heterocycles. The smallest absolute Gasteiger partial charge is 0.387 e. The molecule has 1 aliphatic rings. The minimum atomic E-state index is -2.93. The average molecular weight is 508 g/mol. The molecule has 1 aliphatic carbocycles. The number of aryl methyl sites for hydroxylation is 1. The van der Waals surface area contributed by atoms with E-state index < -0.39 is 6.61 Å². The molecular formula is C27H27F2N5O3. The average Bonchev–Trinajstić information content (AvgIpc) is 3.62. The maximum absolute atomic E-state index is 14.0. The Morgan fingerprint density at radius 3 is 2.65 bits per heavy atom. The monoisotopic (exact) mass is 507 g/mol. The number of ether oxygens (including phenoxy) is 2. The van der Waals surface area contributed by atoms with Gasteiger partial charge in [0, 0.05) is 31.3 Å². The summed E-state index contributed by atoms with van der Waals surface area (Å²) in [6.07, 6.45) is 7.39. The molecule has 10 heteroatoms. The molecule has 5 rings (SSSR count). The Hall–Kier alpha value is -4.21. The summed E-state index contributed by atoms with van der Waals surface area (Å²) in [6, 6.07) is 11.5. The Morgan fingerprint density at radius 1 is 1.16 bits per heavy atom. The van der Waals surface area contributed by atoms with E-state index >= 15 is 0 Å². The van der Waals surface area contributed by atoms with E-state index in [-0.39, 0.29) is 11.3 Å². The topological polar surface area (TPSA) is 83.2 Å². The van der Waals surface area contributed by atoms with Crippen LogP contribution in [-0.4, -0.2) is 39.3 Å². The van der Waals surface area contributed by atoms with Gasteiger partial charge in [-0.15, -0.1) is 0 Å². The van der Waals surface area contributed by atoms with E-state index in [1.165, 1.54) is 16.8 Å². The van der Waals surface area contributed by atoms with Crippen LogP contribution >= 0.6 is 0 Å². The molecule has 0 atom stereocenters. The van der Waals surface area contributed by atoms with E-state index in [0.29, 0.717) is 47.3 Å². The van der Waals surface area contributed by atoms with Crippen LogP contribution in [0.4, 0.5) is 14.5 Å². The first-order chi connectivity index (χ1) is 17.9. The molecular weight excluding hydrogens is 480 g/mol. The molecule has 0 saturated heterocycles. The summed E-state index contributed by atoms with van der Waals surface area (Å²) in [4.78, 5) is 14.0. The van der Waals surface area contributed by atoms with Crippen molar-refractivity contribution in [1.82, 2.24) is 19.6 Å². The number of hydrogen-bond acceptors (Lipinski definition) is 6. The number of nitrogens with zero attached hydrogens (tertiary/aromatic N) is 4. The van der Waals surface area contributed by atoms with Crippen LogP contribution in [0.2, 0.25) is 0 Å². The first-order valence-electron chi connectivity index (χ1n) is 12.1. The fourth-order valence-corrected chi connectivity index (χ4v) is 4.13. The van der Waals surface area contributed by atoms with Crippen molar-refractivity contribution in [2.45, 2.75) is 26.4 Å². The highest BCUT2D eigenvalue weighted by molar-refractivity contribution is 5.84. The van der Waals surface area contributed by atoms with Crippen molar-refractivity contribution < 1.29 is 18.3 Å². The molecule has 2 aromatic heterocycles. The summed E-state index contributed by atoms with van der Waals surface area (Å²) in [5, 5.41) is 13.4. The van der Waals surface area contributed by atoms with Gasteiger partial charge in [-0.3, -0.25) is 9.48 Å². The Kier molecular flexibility index (Phi) is 6.89. The fourth-order valence-electron chi connectivity index (χ4n) is 4.13. The van der Waals surface area contributed by atoms with Gasteiger partial charge in [0.05, 0.1) is 35.3 Å². The highest BCUT2D eigenvalue weighted by Crippen LogP contribution is 2.33. The summed E-state index contributed by atoms with van der Waals surface area (Å²) < 4.78 is 38.4. The first kappa shape index (κ1) is 24.5. The Balaban J connectivity index is 1.69. The number of rotatable bonds is 10. The number of aromatic nitrogens is 4. The third kappa shape index (κ3) is 5.47. The second-order valence-corrected chi connectivity index (χ2v) is 8.88. The van der Waals surface area contributed by atoms with Crippen LogP contribution in [0.25, 0.3) is 33.8 Å². The van der Waals surface area contributed by atoms with E-state index in [9.17, 15) is 13.6 Å². The van der Waals surface area contributed by atoms with E-state index in [0.717, 1.165) is 23.7 Å². The third-order valence-electron chi connectivity index (χ3n) is 6.09. The lowest BCUT2D eigenvalue weighted by molar-refractivity contribution is -0.0498. The van der Waals surface area contributed by atoms with Crippen molar-refractivity contribution in [2.24, 2.45) is 13.0 Å². The van der Waals surface area contributed by atoms with Crippen molar-refractivity contribution in [3.8, 4) is 22.6 Å². The summed E-state index contributed by atoms with van der Waals surface area (Å²) in [5.41, 5.74) is 3.03. The molecule has 1 fully saturated rings. The van der Waals surface area contributed by atoms with Crippen molar-refractivity contribution >= 4 is 22.7 Å². The summed E-state index contributed by atoms with van der Waals surface area (Å²) in [7, 11) is 1.83. The summed E-state index contributed by atoms with van der Waals surface area (Å²) >= 11 is 0. The highest BCUT2D eigenvalue weighted by atomic mass is 19.3. The molecule has 1 saturated carbocycles. The van der Waals surface area contributed by atoms with E-state index in [4.69, 9.17) is 9.84 Å². The van der Waals surface area contributed by atoms with Crippen LogP contribution in [0.1, 0.15) is 25.5 Å². The SMILES string of the molecule is CCO/C=C/c1nn(-c2ccc3nn(C)cc3c2)c(=O)c(-c2ccc(OC(F)F)cc2)c1NCC1CC1. The van der Waals surface area contributed by atoms with Crippen LogP contribution in [0, 0.1) is 5.92 Å². The predicted octanol–water partition coefficient (Wildman–Crippen LogP) is 5.22. The molecule has 0 unspecified atom stereocenters. The molecule has 0 radical (unpaired) electrons. The van der Waals surface area contributed by atoms with Crippen molar-refractivity contribution in [1.29, 1.82) is 0 Å². The van der Waals surface area contributed by atoms with Gasteiger partial charge >= 0.3 is 6.61 Å². The van der Waals surface area contributed by atoms with Gasteiger partial charge in [0.1, 0.15) is 11.4 Å². The number of fused-ring (bicyclic) bond motifs is 1. The second kappa shape index (κ2) is 10.4. The van der Waals surface area contributed by atoms with Gasteiger partial charge in [-0.1, -0.05) is 12.1 Å². The van der Waals surface area contributed by atoms with Gasteiger partial charge in [0.2, 0.25) is 0 Å². The quantitative estimate of drug-likeness (QED) is 0.297. The maximum atomic E-state index is 14.0. The zero-order chi connectivity index (χ0) is 25.9. The van der Waals surface area contributed by atoms with Gasteiger partial charge in [0.15, 0.2) is 0 Å². The van der Waals surface area contributed by atoms with Gasteiger partial charge in [0.25, 0.3) is 5.56 Å². The predicted molar refractivity (Wildman–Crippen MR) is 138 cm³/mol. The Bertz CT molecular complexity index is 1490. The Labute approximate surface area is 212 Å². The number of anilines is 1. The van der Waals surface area contributed by atoms with Crippen molar-refractivity contribution in [2.75, 3.05) is 18.5 Å². The van der Waals surface area contributed by atoms with E-state index in [2.05, 4.69) is 15.2 Å². The zero-order valence-electron chi connectivity index (χ0n) is 20.5. The van der Waals surface area contributed by atoms with E-state index in [1.807, 2.05) is 32.3 Å².